The lowest BCUT2D eigenvalue weighted by molar-refractivity contribution is -0.118. The Morgan fingerprint density at radius 2 is 2.16 bits per heavy atom. The standard InChI is InChI=1S/C15H27N3O/c1-4-5-13(8-9-16)6-7-15(19)11-14-10-12(2)17-18(14)3/h10,13H,4-9,11,16H2,1-3H3. The number of Topliss-reactive ketones (excluding diaryl/α,β-unsaturated/α-hetero) is 1. The van der Waals surface area contributed by atoms with Crippen LogP contribution < -0.4 is 5.73 Å². The van der Waals surface area contributed by atoms with Crippen LogP contribution in [-0.4, -0.2) is 22.1 Å². The molecule has 4 nitrogen and oxygen atoms in total. The fourth-order valence-electron chi connectivity index (χ4n) is 2.56. The Kier molecular flexibility index (Phi) is 6.78. The number of hydrogen-bond acceptors (Lipinski definition) is 3. The van der Waals surface area contributed by atoms with Gasteiger partial charge in [-0.05, 0) is 38.3 Å². The van der Waals surface area contributed by atoms with E-state index in [9.17, 15) is 4.79 Å². The average Bonchev–Trinajstić information content (AvgIpc) is 2.65. The van der Waals surface area contributed by atoms with Crippen molar-refractivity contribution in [2.24, 2.45) is 18.7 Å². The SMILES string of the molecule is CCCC(CCN)CCC(=O)Cc1cc(C)nn1C. The maximum absolute atomic E-state index is 12.0. The summed E-state index contributed by atoms with van der Waals surface area (Å²) in [5.41, 5.74) is 7.59. The molecule has 2 N–H and O–H groups in total. The molecule has 0 saturated carbocycles. The summed E-state index contributed by atoms with van der Waals surface area (Å²) >= 11 is 0. The Bertz CT molecular complexity index is 392. The number of nitrogens with two attached hydrogens (primary N) is 1. The van der Waals surface area contributed by atoms with E-state index in [1.165, 1.54) is 12.8 Å². The summed E-state index contributed by atoms with van der Waals surface area (Å²) < 4.78 is 1.80. The van der Waals surface area contributed by atoms with E-state index in [-0.39, 0.29) is 0 Å². The molecule has 0 aliphatic rings. The van der Waals surface area contributed by atoms with E-state index in [0.717, 1.165) is 30.8 Å². The molecule has 0 radical (unpaired) electrons. The summed E-state index contributed by atoms with van der Waals surface area (Å²) in [7, 11) is 1.89. The van der Waals surface area contributed by atoms with Gasteiger partial charge in [0.25, 0.3) is 0 Å². The van der Waals surface area contributed by atoms with Crippen LogP contribution in [0.5, 0.6) is 0 Å². The van der Waals surface area contributed by atoms with Crippen molar-refractivity contribution >= 4 is 5.78 Å². The zero-order valence-corrected chi connectivity index (χ0v) is 12.5. The van der Waals surface area contributed by atoms with Crippen LogP contribution in [0.4, 0.5) is 0 Å². The molecule has 0 saturated heterocycles. The van der Waals surface area contributed by atoms with E-state index in [2.05, 4.69) is 12.0 Å². The van der Waals surface area contributed by atoms with Gasteiger partial charge in [-0.1, -0.05) is 19.8 Å². The van der Waals surface area contributed by atoms with Gasteiger partial charge < -0.3 is 5.73 Å². The Labute approximate surface area is 116 Å². The Morgan fingerprint density at radius 3 is 2.68 bits per heavy atom. The van der Waals surface area contributed by atoms with Crippen LogP contribution >= 0.6 is 0 Å². The lowest BCUT2D eigenvalue weighted by Gasteiger charge is -2.14. The number of aryl methyl sites for hydroxylation is 2. The Morgan fingerprint density at radius 1 is 1.42 bits per heavy atom. The third kappa shape index (κ3) is 5.55. The van der Waals surface area contributed by atoms with E-state index < -0.39 is 0 Å². The van der Waals surface area contributed by atoms with Crippen molar-refractivity contribution in [2.75, 3.05) is 6.54 Å². The first-order valence-corrected chi connectivity index (χ1v) is 7.28. The van der Waals surface area contributed by atoms with Crippen molar-refractivity contribution in [3.05, 3.63) is 17.5 Å². The first-order valence-electron chi connectivity index (χ1n) is 7.28. The van der Waals surface area contributed by atoms with E-state index in [4.69, 9.17) is 5.73 Å². The van der Waals surface area contributed by atoms with Gasteiger partial charge in [0, 0.05) is 25.6 Å². The second-order valence-corrected chi connectivity index (χ2v) is 5.39. The highest BCUT2D eigenvalue weighted by atomic mass is 16.1. The third-order valence-corrected chi connectivity index (χ3v) is 3.58. The average molecular weight is 265 g/mol. The lowest BCUT2D eigenvalue weighted by atomic mass is 9.93. The highest BCUT2D eigenvalue weighted by Crippen LogP contribution is 2.18. The smallest absolute Gasteiger partial charge is 0.138 e. The van der Waals surface area contributed by atoms with E-state index >= 15 is 0 Å². The first kappa shape index (κ1) is 15.9. The fourth-order valence-corrected chi connectivity index (χ4v) is 2.56. The van der Waals surface area contributed by atoms with Crippen LogP contribution in [0.1, 0.15) is 50.4 Å². The van der Waals surface area contributed by atoms with E-state index in [0.29, 0.717) is 24.5 Å². The highest BCUT2D eigenvalue weighted by molar-refractivity contribution is 5.80. The number of ketones is 1. The van der Waals surface area contributed by atoms with Crippen molar-refractivity contribution in [1.29, 1.82) is 0 Å². The topological polar surface area (TPSA) is 60.9 Å². The molecule has 1 atom stereocenters. The predicted molar refractivity (Wildman–Crippen MR) is 78.0 cm³/mol. The van der Waals surface area contributed by atoms with Crippen molar-refractivity contribution < 1.29 is 4.79 Å². The van der Waals surface area contributed by atoms with E-state index in [1.54, 1.807) is 4.68 Å². The van der Waals surface area contributed by atoms with Crippen molar-refractivity contribution in [3.63, 3.8) is 0 Å². The van der Waals surface area contributed by atoms with Crippen molar-refractivity contribution in [3.8, 4) is 0 Å². The molecule has 0 bridgehead atoms. The van der Waals surface area contributed by atoms with Gasteiger partial charge in [-0.2, -0.15) is 5.10 Å². The molecule has 1 aromatic rings. The molecule has 1 heterocycles. The van der Waals surface area contributed by atoms with Gasteiger partial charge in [0.15, 0.2) is 0 Å². The highest BCUT2D eigenvalue weighted by Gasteiger charge is 2.12. The molecule has 0 amide bonds. The summed E-state index contributed by atoms with van der Waals surface area (Å²) in [6.45, 7) is 4.86. The van der Waals surface area contributed by atoms with Gasteiger partial charge in [-0.25, -0.2) is 0 Å². The zero-order chi connectivity index (χ0) is 14.3. The molecule has 108 valence electrons. The molecule has 0 aromatic carbocycles. The maximum Gasteiger partial charge on any atom is 0.138 e. The number of aromatic nitrogens is 2. The molecular formula is C15H27N3O. The lowest BCUT2D eigenvalue weighted by Crippen LogP contribution is -2.12. The summed E-state index contributed by atoms with van der Waals surface area (Å²) in [6.07, 6.45) is 5.51. The second kappa shape index (κ2) is 8.10. The van der Waals surface area contributed by atoms with Gasteiger partial charge in [0.2, 0.25) is 0 Å². The first-order chi connectivity index (χ1) is 9.06. The molecule has 1 unspecified atom stereocenters. The molecule has 0 fully saturated rings. The molecule has 0 spiro atoms. The van der Waals surface area contributed by atoms with Crippen LogP contribution in [0.2, 0.25) is 0 Å². The monoisotopic (exact) mass is 265 g/mol. The minimum Gasteiger partial charge on any atom is -0.330 e. The van der Waals surface area contributed by atoms with Gasteiger partial charge in [-0.3, -0.25) is 9.48 Å². The molecule has 1 rings (SSSR count). The van der Waals surface area contributed by atoms with Crippen LogP contribution in [0.25, 0.3) is 0 Å². The quantitative estimate of drug-likeness (QED) is 0.745. The second-order valence-electron chi connectivity index (χ2n) is 5.39. The minimum absolute atomic E-state index is 0.307. The van der Waals surface area contributed by atoms with Gasteiger partial charge in [0.05, 0.1) is 5.69 Å². The predicted octanol–water partition coefficient (Wildman–Crippen LogP) is 2.39. The zero-order valence-electron chi connectivity index (χ0n) is 12.5. The van der Waals surface area contributed by atoms with Crippen LogP contribution in [0.3, 0.4) is 0 Å². The molecule has 1 aromatic heterocycles. The normalized spacial score (nSPS) is 12.6. The summed E-state index contributed by atoms with van der Waals surface area (Å²) in [5.74, 6) is 0.911. The molecular weight excluding hydrogens is 238 g/mol. The van der Waals surface area contributed by atoms with Gasteiger partial charge >= 0.3 is 0 Å². The van der Waals surface area contributed by atoms with Crippen LogP contribution in [0, 0.1) is 12.8 Å². The summed E-state index contributed by atoms with van der Waals surface area (Å²) in [4.78, 5) is 12.0. The Balaban J connectivity index is 2.40. The number of carbonyl (C=O) groups is 1. The molecule has 0 aliphatic heterocycles. The minimum atomic E-state index is 0.307. The van der Waals surface area contributed by atoms with Crippen LogP contribution in [-0.2, 0) is 18.3 Å². The summed E-state index contributed by atoms with van der Waals surface area (Å²) in [6, 6.07) is 1.99. The van der Waals surface area contributed by atoms with E-state index in [1.807, 2.05) is 20.0 Å². The Hall–Kier alpha value is -1.16. The number of rotatable bonds is 9. The molecule has 4 heteroatoms. The fraction of sp³-hybridized carbons (Fsp3) is 0.733. The van der Waals surface area contributed by atoms with Crippen molar-refractivity contribution in [2.45, 2.75) is 52.4 Å². The largest absolute Gasteiger partial charge is 0.330 e. The van der Waals surface area contributed by atoms with Gasteiger partial charge in [0.1, 0.15) is 5.78 Å². The van der Waals surface area contributed by atoms with Crippen molar-refractivity contribution in [1.82, 2.24) is 9.78 Å². The molecule has 0 aliphatic carbocycles. The van der Waals surface area contributed by atoms with Crippen LogP contribution in [0.15, 0.2) is 6.07 Å². The third-order valence-electron chi connectivity index (χ3n) is 3.58. The maximum atomic E-state index is 12.0. The number of nitrogens with zero attached hydrogens (tertiary/aromatic N) is 2. The summed E-state index contributed by atoms with van der Waals surface area (Å²) in [5, 5.41) is 4.27. The number of hydrogen-bond donors (Lipinski definition) is 1. The molecule has 19 heavy (non-hydrogen) atoms. The number of carbonyl (C=O) groups excluding carboxylic acids is 1. The van der Waals surface area contributed by atoms with Gasteiger partial charge in [-0.15, -0.1) is 0 Å².